The average Bonchev–Trinajstić information content (AvgIpc) is 3.37. The van der Waals surface area contributed by atoms with Crippen molar-refractivity contribution < 1.29 is 18.7 Å². The first-order valence-corrected chi connectivity index (χ1v) is 9.50. The van der Waals surface area contributed by atoms with E-state index < -0.39 is 11.9 Å². The Morgan fingerprint density at radius 2 is 2.23 bits per heavy atom. The molecule has 2 heterocycles. The molecule has 0 spiro atoms. The van der Waals surface area contributed by atoms with E-state index in [0.717, 1.165) is 29.7 Å². The lowest BCUT2D eigenvalue weighted by Crippen LogP contribution is -2.45. The van der Waals surface area contributed by atoms with Crippen molar-refractivity contribution in [2.24, 2.45) is 5.92 Å². The van der Waals surface area contributed by atoms with Crippen molar-refractivity contribution in [3.8, 4) is 5.06 Å². The predicted molar refractivity (Wildman–Crippen MR) is 95.6 cm³/mol. The number of ether oxygens (including phenoxy) is 1. The zero-order valence-corrected chi connectivity index (χ0v) is 15.2. The summed E-state index contributed by atoms with van der Waals surface area (Å²) in [6.45, 7) is 2.55. The molecule has 1 aliphatic heterocycles. The maximum absolute atomic E-state index is 14.4. The van der Waals surface area contributed by atoms with Crippen LogP contribution in [0.25, 0.3) is 0 Å². The van der Waals surface area contributed by atoms with Gasteiger partial charge in [0, 0.05) is 30.8 Å². The number of ketones is 1. The van der Waals surface area contributed by atoms with Gasteiger partial charge in [-0.15, -0.1) is 11.3 Å². The lowest BCUT2D eigenvalue weighted by atomic mass is 9.94. The number of Topliss-reactive ketones (excluding diaryl/α,β-unsaturated/α-hetero) is 1. The minimum absolute atomic E-state index is 0.0217. The summed E-state index contributed by atoms with van der Waals surface area (Å²) in [7, 11) is 0. The fourth-order valence-corrected chi connectivity index (χ4v) is 4.47. The first-order chi connectivity index (χ1) is 12.5. The van der Waals surface area contributed by atoms with Crippen LogP contribution < -0.4 is 4.74 Å². The lowest BCUT2D eigenvalue weighted by Gasteiger charge is -2.34. The van der Waals surface area contributed by atoms with Gasteiger partial charge >= 0.3 is 5.97 Å². The van der Waals surface area contributed by atoms with Gasteiger partial charge in [0.1, 0.15) is 11.9 Å². The molecule has 0 saturated heterocycles. The van der Waals surface area contributed by atoms with Crippen molar-refractivity contribution in [2.75, 3.05) is 6.54 Å². The van der Waals surface area contributed by atoms with Gasteiger partial charge < -0.3 is 4.74 Å². The van der Waals surface area contributed by atoms with Crippen molar-refractivity contribution in [3.63, 3.8) is 0 Å². The summed E-state index contributed by atoms with van der Waals surface area (Å²) in [6, 6.07) is 1.22. The Labute approximate surface area is 154 Å². The van der Waals surface area contributed by atoms with E-state index in [2.05, 4.69) is 11.5 Å². The van der Waals surface area contributed by atoms with E-state index >= 15 is 0 Å². The molecule has 4 nitrogen and oxygen atoms in total. The van der Waals surface area contributed by atoms with Crippen LogP contribution in [-0.4, -0.2) is 29.2 Å². The van der Waals surface area contributed by atoms with E-state index in [1.165, 1.54) is 30.4 Å². The number of carbonyl (C=O) groups is 2. The highest BCUT2D eigenvalue weighted by Gasteiger charge is 2.41. The standard InChI is InChI=1S/C20H18FNO3S/c1-12(23)25-18-10-14-11-22(9-8-17(14)26-18)19(20(24)13-6-7-13)15-4-2-3-5-16(15)21/h3,5,10,13,19H,6-9,11H2,1H3. The van der Waals surface area contributed by atoms with Gasteiger partial charge in [-0.1, -0.05) is 11.5 Å². The van der Waals surface area contributed by atoms with Gasteiger partial charge in [-0.2, -0.15) is 0 Å². The van der Waals surface area contributed by atoms with E-state index in [4.69, 9.17) is 4.74 Å². The molecule has 1 atom stereocenters. The molecule has 134 valence electrons. The molecule has 0 amide bonds. The molecular formula is C20H18FNO3S. The number of hydrogen-bond acceptors (Lipinski definition) is 5. The van der Waals surface area contributed by atoms with Gasteiger partial charge in [-0.3, -0.25) is 14.5 Å². The van der Waals surface area contributed by atoms with Crippen LogP contribution in [0.15, 0.2) is 41.1 Å². The summed E-state index contributed by atoms with van der Waals surface area (Å²) < 4.78 is 19.6. The summed E-state index contributed by atoms with van der Waals surface area (Å²) in [6.07, 6.45) is 5.30. The fourth-order valence-electron chi connectivity index (χ4n) is 3.42. The maximum Gasteiger partial charge on any atom is 0.308 e. The van der Waals surface area contributed by atoms with Crippen molar-refractivity contribution in [3.05, 3.63) is 51.5 Å². The van der Waals surface area contributed by atoms with Crippen LogP contribution in [-0.2, 0) is 22.6 Å². The third-order valence-corrected chi connectivity index (χ3v) is 5.90. The van der Waals surface area contributed by atoms with E-state index in [9.17, 15) is 14.0 Å². The Morgan fingerprint density at radius 3 is 2.92 bits per heavy atom. The molecule has 26 heavy (non-hydrogen) atoms. The van der Waals surface area contributed by atoms with Crippen LogP contribution in [0.3, 0.4) is 0 Å². The normalized spacial score (nSPS) is 20.2. The van der Waals surface area contributed by atoms with Gasteiger partial charge in [0.05, 0.1) is 5.57 Å². The van der Waals surface area contributed by atoms with Gasteiger partial charge in [0.2, 0.25) is 0 Å². The number of carbonyl (C=O) groups excluding carboxylic acids is 2. The van der Waals surface area contributed by atoms with Crippen LogP contribution >= 0.6 is 11.3 Å². The minimum atomic E-state index is -0.634. The first kappa shape index (κ1) is 17.2. The Kier molecular flexibility index (Phi) is 4.51. The summed E-state index contributed by atoms with van der Waals surface area (Å²) in [5, 5.41) is 0.570. The number of esters is 1. The maximum atomic E-state index is 14.4. The quantitative estimate of drug-likeness (QED) is 0.587. The highest BCUT2D eigenvalue weighted by atomic mass is 32.1. The third-order valence-electron chi connectivity index (χ3n) is 4.78. The van der Waals surface area contributed by atoms with E-state index in [0.29, 0.717) is 18.2 Å². The molecule has 1 aromatic rings. The zero-order chi connectivity index (χ0) is 18.3. The molecule has 0 aromatic carbocycles. The van der Waals surface area contributed by atoms with Gasteiger partial charge in [-0.05, 0) is 43.0 Å². The highest BCUT2D eigenvalue weighted by molar-refractivity contribution is 7.14. The number of nitrogens with zero attached hydrogens (tertiary/aromatic N) is 1. The summed E-state index contributed by atoms with van der Waals surface area (Å²) in [4.78, 5) is 27.2. The fraction of sp³-hybridized carbons (Fsp3) is 0.400. The van der Waals surface area contributed by atoms with E-state index in [1.807, 2.05) is 11.0 Å². The average molecular weight is 371 g/mol. The van der Waals surface area contributed by atoms with E-state index in [1.54, 1.807) is 0 Å². The molecule has 0 bridgehead atoms. The van der Waals surface area contributed by atoms with Gasteiger partial charge in [0.15, 0.2) is 10.8 Å². The van der Waals surface area contributed by atoms with Crippen molar-refractivity contribution in [1.82, 2.24) is 4.90 Å². The molecule has 2 aliphatic carbocycles. The molecule has 1 saturated carbocycles. The van der Waals surface area contributed by atoms with Gasteiger partial charge in [-0.25, -0.2) is 4.39 Å². The Balaban J connectivity index is 1.63. The Morgan fingerprint density at radius 1 is 1.42 bits per heavy atom. The monoisotopic (exact) mass is 371 g/mol. The van der Waals surface area contributed by atoms with Crippen molar-refractivity contribution >= 4 is 23.1 Å². The van der Waals surface area contributed by atoms with Crippen LogP contribution in [0.2, 0.25) is 0 Å². The zero-order valence-electron chi connectivity index (χ0n) is 14.4. The number of halogens is 1. The molecule has 6 heteroatoms. The number of hydrogen-bond donors (Lipinski definition) is 0. The van der Waals surface area contributed by atoms with Crippen LogP contribution in [0, 0.1) is 5.92 Å². The molecule has 3 aliphatic rings. The second-order valence-corrected chi connectivity index (χ2v) is 7.87. The molecule has 1 unspecified atom stereocenters. The van der Waals surface area contributed by atoms with Crippen LogP contribution in [0.5, 0.6) is 5.06 Å². The van der Waals surface area contributed by atoms with Crippen molar-refractivity contribution in [2.45, 2.75) is 38.8 Å². The van der Waals surface area contributed by atoms with Crippen LogP contribution in [0.4, 0.5) is 4.39 Å². The Hall–Kier alpha value is -2.23. The molecule has 4 rings (SSSR count). The molecule has 1 fully saturated rings. The van der Waals surface area contributed by atoms with Crippen molar-refractivity contribution in [1.29, 1.82) is 0 Å². The smallest absolute Gasteiger partial charge is 0.308 e. The van der Waals surface area contributed by atoms with Crippen LogP contribution in [0.1, 0.15) is 30.2 Å². The second-order valence-electron chi connectivity index (χ2n) is 6.77. The first-order valence-electron chi connectivity index (χ1n) is 8.68. The summed E-state index contributed by atoms with van der Waals surface area (Å²) in [5.74, 6) is -0.676. The SMILES string of the molecule is CC(=O)Oc1cc2c(s1)CCN(C(C(=O)C1CC1)C1=C=C=CC=C1F)C2. The minimum Gasteiger partial charge on any atom is -0.416 e. The number of rotatable bonds is 5. The third kappa shape index (κ3) is 3.37. The topological polar surface area (TPSA) is 46.6 Å². The highest BCUT2D eigenvalue weighted by Crippen LogP contribution is 2.39. The predicted octanol–water partition coefficient (Wildman–Crippen LogP) is 3.48. The number of fused-ring (bicyclic) bond motifs is 1. The molecular weight excluding hydrogens is 353 g/mol. The molecule has 1 aromatic heterocycles. The number of allylic oxidation sites excluding steroid dienone is 2. The Bertz CT molecular complexity index is 911. The van der Waals surface area contributed by atoms with Gasteiger partial charge in [0.25, 0.3) is 0 Å². The summed E-state index contributed by atoms with van der Waals surface area (Å²) in [5.41, 5.74) is 6.92. The largest absolute Gasteiger partial charge is 0.416 e. The number of thiophene rings is 1. The molecule has 0 N–H and O–H groups in total. The molecule has 0 radical (unpaired) electrons. The summed E-state index contributed by atoms with van der Waals surface area (Å²) >= 11 is 1.46. The second kappa shape index (κ2) is 6.82. The van der Waals surface area contributed by atoms with E-state index in [-0.39, 0.29) is 23.2 Å². The lowest BCUT2D eigenvalue weighted by molar-refractivity contribution is -0.131.